The molecule has 0 aliphatic carbocycles. The number of benzene rings is 2. The molecule has 0 N–H and O–H groups in total. The van der Waals surface area contributed by atoms with Gasteiger partial charge < -0.3 is 9.47 Å². The average molecular weight is 361 g/mol. The first-order valence-corrected chi connectivity index (χ1v) is 8.06. The molecule has 1 heterocycles. The zero-order chi connectivity index (χ0) is 15.7. The minimum atomic E-state index is -0.252. The molecule has 0 saturated carbocycles. The van der Waals surface area contributed by atoms with Gasteiger partial charge in [-0.1, -0.05) is 47.1 Å². The van der Waals surface area contributed by atoms with E-state index in [0.717, 1.165) is 33.5 Å². The van der Waals surface area contributed by atoms with Crippen molar-refractivity contribution in [1.29, 1.82) is 0 Å². The maximum Gasteiger partial charge on any atom is 0.302 e. The van der Waals surface area contributed by atoms with Crippen LogP contribution >= 0.6 is 15.9 Å². The zero-order valence-electron chi connectivity index (χ0n) is 12.6. The Labute approximate surface area is 138 Å². The fourth-order valence-electron chi connectivity index (χ4n) is 2.65. The van der Waals surface area contributed by atoms with Crippen LogP contribution in [0, 0.1) is 0 Å². The van der Waals surface area contributed by atoms with Crippen LogP contribution < -0.4 is 4.74 Å². The molecule has 2 aromatic carbocycles. The third kappa shape index (κ3) is 2.88. The molecule has 3 rings (SSSR count). The molecule has 1 aliphatic heterocycles. The fourth-order valence-corrected chi connectivity index (χ4v) is 3.51. The van der Waals surface area contributed by atoms with Gasteiger partial charge in [-0.05, 0) is 23.3 Å². The summed E-state index contributed by atoms with van der Waals surface area (Å²) in [5.41, 5.74) is 3.45. The van der Waals surface area contributed by atoms with E-state index >= 15 is 0 Å². The predicted octanol–water partition coefficient (Wildman–Crippen LogP) is 4.81. The van der Waals surface area contributed by atoms with Gasteiger partial charge in [-0.2, -0.15) is 0 Å². The molecule has 0 radical (unpaired) electrons. The molecular weight excluding hydrogens is 344 g/mol. The van der Waals surface area contributed by atoms with Gasteiger partial charge in [0, 0.05) is 29.3 Å². The van der Waals surface area contributed by atoms with Crippen LogP contribution in [-0.4, -0.2) is 12.6 Å². The molecule has 114 valence electrons. The minimum Gasteiger partial charge on any atom is -0.465 e. The lowest BCUT2D eigenvalue weighted by atomic mass is 9.94. The molecule has 2 aromatic rings. The van der Waals surface area contributed by atoms with Crippen LogP contribution in [0.2, 0.25) is 0 Å². The number of rotatable bonds is 3. The molecule has 0 aromatic heterocycles. The second-order valence-corrected chi connectivity index (χ2v) is 6.33. The molecule has 22 heavy (non-hydrogen) atoms. The highest BCUT2D eigenvalue weighted by Gasteiger charge is 2.22. The number of hydrogen-bond acceptors (Lipinski definition) is 3. The first-order chi connectivity index (χ1) is 10.6. The summed E-state index contributed by atoms with van der Waals surface area (Å²) in [6.07, 6.45) is 0.834. The summed E-state index contributed by atoms with van der Waals surface area (Å²) >= 11 is 3.71. The third-order valence-corrected chi connectivity index (χ3v) is 4.79. The van der Waals surface area contributed by atoms with Crippen molar-refractivity contribution >= 4 is 21.9 Å². The largest absolute Gasteiger partial charge is 0.465 e. The summed E-state index contributed by atoms with van der Waals surface area (Å²) in [6.45, 7) is 3.86. The van der Waals surface area contributed by atoms with Gasteiger partial charge in [0.1, 0.15) is 11.5 Å². The van der Waals surface area contributed by atoms with Crippen LogP contribution in [0.1, 0.15) is 36.5 Å². The number of carbonyl (C=O) groups is 1. The lowest BCUT2D eigenvalue weighted by Gasteiger charge is -2.24. The Hall–Kier alpha value is -1.81. The van der Waals surface area contributed by atoms with Crippen molar-refractivity contribution in [1.82, 2.24) is 0 Å². The fraction of sp³-hybridized carbons (Fsp3) is 0.278. The molecular formula is C18H17BrO3. The van der Waals surface area contributed by atoms with E-state index in [1.165, 1.54) is 12.5 Å². The van der Waals surface area contributed by atoms with Crippen LogP contribution in [-0.2, 0) is 16.0 Å². The monoisotopic (exact) mass is 360 g/mol. The van der Waals surface area contributed by atoms with Crippen molar-refractivity contribution in [3.63, 3.8) is 0 Å². The summed E-state index contributed by atoms with van der Waals surface area (Å²) in [4.78, 5) is 11.0. The Morgan fingerprint density at radius 3 is 2.82 bits per heavy atom. The summed E-state index contributed by atoms with van der Waals surface area (Å²) in [7, 11) is 0. The van der Waals surface area contributed by atoms with Crippen molar-refractivity contribution < 1.29 is 14.3 Å². The number of carbonyl (C=O) groups excluding carboxylic acids is 1. The number of fused-ring (bicyclic) bond motifs is 2. The molecule has 4 heteroatoms. The van der Waals surface area contributed by atoms with Gasteiger partial charge in [-0.25, -0.2) is 0 Å². The lowest BCUT2D eigenvalue weighted by Crippen LogP contribution is -2.11. The number of halogens is 1. The summed E-state index contributed by atoms with van der Waals surface area (Å²) in [5.74, 6) is 1.68. The first-order valence-electron chi connectivity index (χ1n) is 7.26. The Kier molecular flexibility index (Phi) is 4.21. The van der Waals surface area contributed by atoms with Crippen molar-refractivity contribution in [2.24, 2.45) is 0 Å². The van der Waals surface area contributed by atoms with E-state index in [-0.39, 0.29) is 11.9 Å². The molecule has 1 atom stereocenters. The number of para-hydroxylation sites is 1. The van der Waals surface area contributed by atoms with Gasteiger partial charge in [-0.15, -0.1) is 0 Å². The van der Waals surface area contributed by atoms with E-state index in [4.69, 9.17) is 9.47 Å². The van der Waals surface area contributed by atoms with Gasteiger partial charge in [0.15, 0.2) is 0 Å². The summed E-state index contributed by atoms with van der Waals surface area (Å²) in [6, 6.07) is 12.1. The number of hydrogen-bond donors (Lipinski definition) is 0. The predicted molar refractivity (Wildman–Crippen MR) is 88.5 cm³/mol. The van der Waals surface area contributed by atoms with E-state index in [0.29, 0.717) is 6.61 Å². The highest BCUT2D eigenvalue weighted by Crippen LogP contribution is 2.42. The number of esters is 1. The van der Waals surface area contributed by atoms with Crippen molar-refractivity contribution in [2.75, 3.05) is 6.61 Å². The Morgan fingerprint density at radius 1 is 1.27 bits per heavy atom. The van der Waals surface area contributed by atoms with Crippen molar-refractivity contribution in [3.8, 4) is 11.5 Å². The molecule has 0 amide bonds. The lowest BCUT2D eigenvalue weighted by molar-refractivity contribution is -0.141. The third-order valence-electron chi connectivity index (χ3n) is 3.86. The normalized spacial score (nSPS) is 13.6. The number of ether oxygens (including phenoxy) is 2. The van der Waals surface area contributed by atoms with E-state index in [1.807, 2.05) is 37.3 Å². The van der Waals surface area contributed by atoms with E-state index in [9.17, 15) is 4.79 Å². The first kappa shape index (κ1) is 15.1. The summed E-state index contributed by atoms with van der Waals surface area (Å²) in [5, 5.41) is 0. The molecule has 0 saturated heterocycles. The highest BCUT2D eigenvalue weighted by atomic mass is 79.9. The Balaban J connectivity index is 1.90. The molecule has 0 bridgehead atoms. The quantitative estimate of drug-likeness (QED) is 0.628. The molecule has 1 unspecified atom stereocenters. The molecule has 1 aliphatic rings. The summed E-state index contributed by atoms with van der Waals surface area (Å²) < 4.78 is 12.1. The standard InChI is InChI=1S/C18H17BrO3/c1-11(10-21-12(2)20)14-7-8-17-15(18(14)19)9-13-5-3-4-6-16(13)22-17/h3-8,11H,9-10H2,1-2H3. The van der Waals surface area contributed by atoms with Crippen LogP contribution in [0.3, 0.4) is 0 Å². The van der Waals surface area contributed by atoms with Crippen LogP contribution in [0.4, 0.5) is 0 Å². The Morgan fingerprint density at radius 2 is 2.05 bits per heavy atom. The topological polar surface area (TPSA) is 35.5 Å². The second kappa shape index (κ2) is 6.13. The second-order valence-electron chi connectivity index (χ2n) is 5.54. The SMILES string of the molecule is CC(=O)OCC(C)c1ccc2c(c1Br)Cc1ccccc1O2. The van der Waals surface area contributed by atoms with Gasteiger partial charge >= 0.3 is 5.97 Å². The van der Waals surface area contributed by atoms with Gasteiger partial charge in [0.05, 0.1) is 6.61 Å². The van der Waals surface area contributed by atoms with E-state index < -0.39 is 0 Å². The van der Waals surface area contributed by atoms with Crippen molar-refractivity contribution in [2.45, 2.75) is 26.2 Å². The maximum absolute atomic E-state index is 11.0. The molecule has 0 fully saturated rings. The Bertz CT molecular complexity index is 724. The zero-order valence-corrected chi connectivity index (χ0v) is 14.1. The van der Waals surface area contributed by atoms with Gasteiger partial charge in [0.25, 0.3) is 0 Å². The smallest absolute Gasteiger partial charge is 0.302 e. The average Bonchev–Trinajstić information content (AvgIpc) is 2.51. The van der Waals surface area contributed by atoms with Crippen LogP contribution in [0.5, 0.6) is 11.5 Å². The van der Waals surface area contributed by atoms with Crippen LogP contribution in [0.15, 0.2) is 40.9 Å². The maximum atomic E-state index is 11.0. The highest BCUT2D eigenvalue weighted by molar-refractivity contribution is 9.10. The van der Waals surface area contributed by atoms with Crippen molar-refractivity contribution in [3.05, 3.63) is 57.6 Å². The van der Waals surface area contributed by atoms with E-state index in [2.05, 4.69) is 22.0 Å². The van der Waals surface area contributed by atoms with Crippen LogP contribution in [0.25, 0.3) is 0 Å². The molecule has 3 nitrogen and oxygen atoms in total. The van der Waals surface area contributed by atoms with Gasteiger partial charge in [0.2, 0.25) is 0 Å². The molecule has 0 spiro atoms. The van der Waals surface area contributed by atoms with E-state index in [1.54, 1.807) is 0 Å². The van der Waals surface area contributed by atoms with Gasteiger partial charge in [-0.3, -0.25) is 4.79 Å². The minimum absolute atomic E-state index is 0.126.